The van der Waals surface area contributed by atoms with Crippen LogP contribution in [0.1, 0.15) is 23.5 Å². The minimum Gasteiger partial charge on any atom is -0.349 e. The van der Waals surface area contributed by atoms with Crippen molar-refractivity contribution in [2.75, 3.05) is 34.4 Å². The number of nitrogens with zero attached hydrogens (tertiary/aromatic N) is 2. The number of benzene rings is 1. The fraction of sp³-hybridized carbons (Fsp3) is 0.278. The molecule has 140 valence electrons. The molecule has 9 heteroatoms. The Kier molecular flexibility index (Phi) is 5.07. The third-order valence-corrected chi connectivity index (χ3v) is 7.50. The number of thiophene rings is 1. The largest absolute Gasteiger partial charge is 0.349 e. The summed E-state index contributed by atoms with van der Waals surface area (Å²) in [5, 5.41) is 6.74. The predicted molar refractivity (Wildman–Crippen MR) is 115 cm³/mol. The maximum absolute atomic E-state index is 12.6. The van der Waals surface area contributed by atoms with Crippen LogP contribution in [0, 0.1) is 0 Å². The maximum atomic E-state index is 12.6. The Labute approximate surface area is 169 Å². The van der Waals surface area contributed by atoms with Crippen molar-refractivity contribution in [2.45, 2.75) is 18.7 Å². The standard InChI is InChI=1S/C18H18N4O2S3/c1-3-22(4-2)18-21-17-14(27-18)8-13(26-17)16(24)19-10-5-6-12-11(7-10)20-15(23)9-25-12/h5-8H,3-4,9H2,1-2H3,(H,19,24)(H,20,23). The molecule has 0 aliphatic carbocycles. The molecular weight excluding hydrogens is 400 g/mol. The first-order chi connectivity index (χ1) is 13.1. The molecule has 0 radical (unpaired) electrons. The molecule has 27 heavy (non-hydrogen) atoms. The van der Waals surface area contributed by atoms with E-state index in [4.69, 9.17) is 0 Å². The van der Waals surface area contributed by atoms with Crippen LogP contribution in [0.3, 0.4) is 0 Å². The van der Waals surface area contributed by atoms with Gasteiger partial charge in [0.1, 0.15) is 4.83 Å². The van der Waals surface area contributed by atoms with Gasteiger partial charge in [-0.2, -0.15) is 0 Å². The Balaban J connectivity index is 1.52. The van der Waals surface area contributed by atoms with Crippen molar-refractivity contribution in [1.82, 2.24) is 4.98 Å². The first-order valence-corrected chi connectivity index (χ1v) is 11.2. The number of thiazole rings is 1. The van der Waals surface area contributed by atoms with Crippen molar-refractivity contribution < 1.29 is 9.59 Å². The molecule has 0 bridgehead atoms. The summed E-state index contributed by atoms with van der Waals surface area (Å²) in [6.07, 6.45) is 0. The highest BCUT2D eigenvalue weighted by molar-refractivity contribution is 8.00. The van der Waals surface area contributed by atoms with E-state index >= 15 is 0 Å². The lowest BCUT2D eigenvalue weighted by atomic mass is 10.2. The van der Waals surface area contributed by atoms with Crippen molar-refractivity contribution in [1.29, 1.82) is 0 Å². The van der Waals surface area contributed by atoms with Gasteiger partial charge in [0.2, 0.25) is 5.91 Å². The van der Waals surface area contributed by atoms with E-state index in [2.05, 4.69) is 34.4 Å². The van der Waals surface area contributed by atoms with E-state index < -0.39 is 0 Å². The lowest BCUT2D eigenvalue weighted by molar-refractivity contribution is -0.113. The number of anilines is 3. The zero-order chi connectivity index (χ0) is 19.0. The van der Waals surface area contributed by atoms with Gasteiger partial charge in [-0.25, -0.2) is 4.98 Å². The number of hydrogen-bond acceptors (Lipinski definition) is 7. The first kappa shape index (κ1) is 18.3. The van der Waals surface area contributed by atoms with Crippen LogP contribution in [0.5, 0.6) is 0 Å². The maximum Gasteiger partial charge on any atom is 0.265 e. The van der Waals surface area contributed by atoms with Crippen LogP contribution in [0.25, 0.3) is 9.53 Å². The molecule has 1 aliphatic heterocycles. The van der Waals surface area contributed by atoms with Crippen molar-refractivity contribution in [3.8, 4) is 0 Å². The predicted octanol–water partition coefficient (Wildman–Crippen LogP) is 4.50. The van der Waals surface area contributed by atoms with Crippen LogP contribution in [0.4, 0.5) is 16.5 Å². The summed E-state index contributed by atoms with van der Waals surface area (Å²) in [5.74, 6) is 0.238. The summed E-state index contributed by atoms with van der Waals surface area (Å²) in [4.78, 5) is 33.6. The number of rotatable bonds is 5. The number of amides is 2. The number of fused-ring (bicyclic) bond motifs is 2. The Morgan fingerprint density at radius 1 is 1.26 bits per heavy atom. The third kappa shape index (κ3) is 3.67. The van der Waals surface area contributed by atoms with E-state index in [1.807, 2.05) is 18.2 Å². The monoisotopic (exact) mass is 418 g/mol. The van der Waals surface area contributed by atoms with Gasteiger partial charge in [0.15, 0.2) is 5.13 Å². The summed E-state index contributed by atoms with van der Waals surface area (Å²) in [6, 6.07) is 7.47. The Morgan fingerprint density at radius 3 is 2.81 bits per heavy atom. The summed E-state index contributed by atoms with van der Waals surface area (Å²) >= 11 is 4.51. The quantitative estimate of drug-likeness (QED) is 0.638. The van der Waals surface area contributed by atoms with Gasteiger partial charge in [0.25, 0.3) is 5.91 Å². The zero-order valence-electron chi connectivity index (χ0n) is 14.9. The molecule has 1 aromatic carbocycles. The molecular formula is C18H18N4O2S3. The van der Waals surface area contributed by atoms with E-state index in [1.165, 1.54) is 23.1 Å². The summed E-state index contributed by atoms with van der Waals surface area (Å²) in [6.45, 7) is 6.05. The lowest BCUT2D eigenvalue weighted by Gasteiger charge is -2.17. The van der Waals surface area contributed by atoms with E-state index in [0.29, 0.717) is 16.3 Å². The highest BCUT2D eigenvalue weighted by atomic mass is 32.2. The number of nitrogens with one attached hydrogen (secondary N) is 2. The molecule has 2 aromatic heterocycles. The van der Waals surface area contributed by atoms with Crippen molar-refractivity contribution in [3.05, 3.63) is 29.1 Å². The topological polar surface area (TPSA) is 74.3 Å². The van der Waals surface area contributed by atoms with E-state index in [0.717, 1.165) is 38.3 Å². The van der Waals surface area contributed by atoms with Crippen molar-refractivity contribution in [2.24, 2.45) is 0 Å². The molecule has 3 heterocycles. The highest BCUT2D eigenvalue weighted by Crippen LogP contribution is 2.36. The van der Waals surface area contributed by atoms with Gasteiger partial charge in [0.05, 0.1) is 21.0 Å². The normalized spacial score (nSPS) is 13.3. The molecule has 0 fully saturated rings. The number of thioether (sulfide) groups is 1. The van der Waals surface area contributed by atoms with E-state index in [-0.39, 0.29) is 11.8 Å². The van der Waals surface area contributed by atoms with Gasteiger partial charge < -0.3 is 15.5 Å². The number of aromatic nitrogens is 1. The Morgan fingerprint density at radius 2 is 2.07 bits per heavy atom. The van der Waals surface area contributed by atoms with E-state index in [9.17, 15) is 9.59 Å². The second-order valence-corrected chi connectivity index (χ2v) is 9.01. The van der Waals surface area contributed by atoms with Crippen LogP contribution in [0.15, 0.2) is 29.2 Å². The van der Waals surface area contributed by atoms with Crippen LogP contribution in [-0.2, 0) is 4.79 Å². The minimum absolute atomic E-state index is 0.0236. The molecule has 2 N–H and O–H groups in total. The number of carbonyl (C=O) groups is 2. The van der Waals surface area contributed by atoms with Crippen LogP contribution >= 0.6 is 34.4 Å². The van der Waals surface area contributed by atoms with Crippen molar-refractivity contribution >= 4 is 72.3 Å². The zero-order valence-corrected chi connectivity index (χ0v) is 17.3. The molecule has 2 amide bonds. The number of hydrogen-bond donors (Lipinski definition) is 2. The fourth-order valence-electron chi connectivity index (χ4n) is 2.82. The molecule has 0 atom stereocenters. The fourth-order valence-corrected chi connectivity index (χ4v) is 5.84. The molecule has 0 saturated carbocycles. The molecule has 0 spiro atoms. The minimum atomic E-state index is -0.163. The van der Waals surface area contributed by atoms with E-state index in [1.54, 1.807) is 17.4 Å². The van der Waals surface area contributed by atoms with Crippen LogP contribution < -0.4 is 15.5 Å². The van der Waals surface area contributed by atoms with Gasteiger partial charge in [-0.05, 0) is 38.1 Å². The highest BCUT2D eigenvalue weighted by Gasteiger charge is 2.18. The summed E-state index contributed by atoms with van der Waals surface area (Å²) in [7, 11) is 0. The smallest absolute Gasteiger partial charge is 0.265 e. The van der Waals surface area contributed by atoms with Crippen LogP contribution in [0.2, 0.25) is 0 Å². The molecule has 6 nitrogen and oxygen atoms in total. The van der Waals surface area contributed by atoms with Gasteiger partial charge >= 0.3 is 0 Å². The molecule has 3 aromatic rings. The van der Waals surface area contributed by atoms with Crippen molar-refractivity contribution in [3.63, 3.8) is 0 Å². The Bertz CT molecular complexity index is 991. The lowest BCUT2D eigenvalue weighted by Crippen LogP contribution is -2.21. The molecule has 0 saturated heterocycles. The van der Waals surface area contributed by atoms with Gasteiger partial charge in [-0.3, -0.25) is 9.59 Å². The molecule has 1 aliphatic rings. The first-order valence-electron chi connectivity index (χ1n) is 8.60. The van der Waals surface area contributed by atoms with Gasteiger partial charge in [0, 0.05) is 23.7 Å². The molecule has 0 unspecified atom stereocenters. The summed E-state index contributed by atoms with van der Waals surface area (Å²) < 4.78 is 1.03. The Hall–Kier alpha value is -2.10. The molecule has 4 rings (SSSR count). The second-order valence-electron chi connectivity index (χ2n) is 5.95. The van der Waals surface area contributed by atoms with Gasteiger partial charge in [-0.1, -0.05) is 11.3 Å². The number of carbonyl (C=O) groups excluding carboxylic acids is 2. The average molecular weight is 419 g/mol. The SMILES string of the molecule is CCN(CC)c1nc2sc(C(=O)Nc3ccc4c(c3)NC(=O)CS4)cc2s1. The third-order valence-electron chi connectivity index (χ3n) is 4.21. The second kappa shape index (κ2) is 7.49. The average Bonchev–Trinajstić information content (AvgIpc) is 3.21. The van der Waals surface area contributed by atoms with Crippen LogP contribution in [-0.4, -0.2) is 35.6 Å². The summed E-state index contributed by atoms with van der Waals surface area (Å²) in [5.41, 5.74) is 1.40. The van der Waals surface area contributed by atoms with Gasteiger partial charge in [-0.15, -0.1) is 23.1 Å².